The lowest BCUT2D eigenvalue weighted by Gasteiger charge is -2.18. The van der Waals surface area contributed by atoms with Crippen molar-refractivity contribution in [2.75, 3.05) is 26.7 Å². The Morgan fingerprint density at radius 2 is 1.86 bits per heavy atom. The van der Waals surface area contributed by atoms with Crippen molar-refractivity contribution in [3.05, 3.63) is 46.8 Å². The Balaban J connectivity index is 2.10. The van der Waals surface area contributed by atoms with E-state index in [9.17, 15) is 5.21 Å². The van der Waals surface area contributed by atoms with Gasteiger partial charge in [-0.3, -0.25) is 4.99 Å². The summed E-state index contributed by atoms with van der Waals surface area (Å²) in [5.74, 6) is 0.733. The summed E-state index contributed by atoms with van der Waals surface area (Å²) in [7, 11) is 1.64. The van der Waals surface area contributed by atoms with Crippen LogP contribution in [0.1, 0.15) is 33.6 Å². The molecule has 0 bridgehead atoms. The van der Waals surface area contributed by atoms with Crippen LogP contribution >= 0.6 is 11.6 Å². The van der Waals surface area contributed by atoms with Gasteiger partial charge in [-0.15, -0.1) is 0 Å². The minimum Gasteiger partial charge on any atom is -0.497 e. The normalized spacial score (nSPS) is 13.5. The van der Waals surface area contributed by atoms with E-state index in [1.807, 2.05) is 30.3 Å². The number of pyridine rings is 1. The summed E-state index contributed by atoms with van der Waals surface area (Å²) >= 11 is 6.19. The first kappa shape index (κ1) is 21.5. The summed E-state index contributed by atoms with van der Waals surface area (Å²) in [6, 6.07) is 11.3. The Hall–Kier alpha value is -2.24. The first-order chi connectivity index (χ1) is 14.0. The number of halogens is 1. The van der Waals surface area contributed by atoms with Crippen molar-refractivity contribution in [1.82, 2.24) is 9.63 Å². The molecule has 0 saturated carbocycles. The minimum atomic E-state index is 0.161. The van der Waals surface area contributed by atoms with Gasteiger partial charge in [0.2, 0.25) is 0 Å². The Morgan fingerprint density at radius 1 is 1.10 bits per heavy atom. The molecular weight excluding hydrogens is 386 g/mol. The van der Waals surface area contributed by atoms with Gasteiger partial charge in [0.25, 0.3) is 0 Å². The smallest absolute Gasteiger partial charge is 0.119 e. The Morgan fingerprint density at radius 3 is 2.55 bits per heavy atom. The zero-order valence-corrected chi connectivity index (χ0v) is 18.4. The predicted molar refractivity (Wildman–Crippen MR) is 120 cm³/mol. The van der Waals surface area contributed by atoms with E-state index < -0.39 is 0 Å². The van der Waals surface area contributed by atoms with Crippen molar-refractivity contribution in [1.29, 1.82) is 0 Å². The average molecular weight is 416 g/mol. The molecule has 0 spiro atoms. The van der Waals surface area contributed by atoms with Crippen molar-refractivity contribution in [3.63, 3.8) is 0 Å². The molecule has 3 aromatic rings. The zero-order valence-electron chi connectivity index (χ0n) is 17.7. The zero-order chi connectivity index (χ0) is 21.0. The predicted octanol–water partition coefficient (Wildman–Crippen LogP) is 5.11. The average Bonchev–Trinajstić information content (AvgIpc) is 2.73. The van der Waals surface area contributed by atoms with Gasteiger partial charge in [0, 0.05) is 21.8 Å². The van der Waals surface area contributed by atoms with Gasteiger partial charge in [0.05, 0.1) is 23.5 Å². The van der Waals surface area contributed by atoms with Crippen molar-refractivity contribution in [2.45, 2.75) is 39.7 Å². The number of rotatable bonds is 8. The molecule has 0 aliphatic heterocycles. The molecule has 1 atom stereocenters. The fourth-order valence-corrected chi connectivity index (χ4v) is 3.91. The molecule has 1 N–H and O–H groups in total. The summed E-state index contributed by atoms with van der Waals surface area (Å²) in [6.07, 6.45) is 2.11. The molecule has 29 heavy (non-hydrogen) atoms. The second kappa shape index (κ2) is 9.51. The van der Waals surface area contributed by atoms with E-state index in [1.165, 1.54) is 4.73 Å². The van der Waals surface area contributed by atoms with Gasteiger partial charge in [0.15, 0.2) is 0 Å². The van der Waals surface area contributed by atoms with E-state index in [2.05, 4.69) is 25.7 Å². The molecule has 0 aliphatic rings. The molecule has 5 nitrogen and oxygen atoms in total. The first-order valence-electron chi connectivity index (χ1n) is 10.3. The maximum Gasteiger partial charge on any atom is 0.119 e. The van der Waals surface area contributed by atoms with Gasteiger partial charge >= 0.3 is 0 Å². The second-order valence-electron chi connectivity index (χ2n) is 7.35. The Kier molecular flexibility index (Phi) is 7.04. The van der Waals surface area contributed by atoms with Crippen molar-refractivity contribution >= 4 is 33.4 Å². The first-order valence-corrected chi connectivity index (χ1v) is 10.6. The highest BCUT2D eigenvalue weighted by atomic mass is 35.5. The van der Waals surface area contributed by atoms with Crippen LogP contribution in [-0.4, -0.2) is 47.6 Å². The fraction of sp³-hybridized carbons (Fsp3) is 0.435. The Labute approximate surface area is 177 Å². The topological polar surface area (TPSA) is 50.0 Å². The molecule has 0 amide bonds. The third kappa shape index (κ3) is 4.68. The number of ether oxygens (including phenoxy) is 1. The van der Waals surface area contributed by atoms with Crippen LogP contribution in [0.2, 0.25) is 5.02 Å². The molecule has 0 fully saturated rings. The SMILES string of the molecule is CCN(CC)CCCC(C)N=c1c2cc(OC)ccc2n(O)c2cc(Cl)ccc12. The van der Waals surface area contributed by atoms with E-state index in [-0.39, 0.29) is 6.04 Å². The van der Waals surface area contributed by atoms with Crippen LogP contribution < -0.4 is 10.1 Å². The highest BCUT2D eigenvalue weighted by molar-refractivity contribution is 6.31. The highest BCUT2D eigenvalue weighted by Crippen LogP contribution is 2.24. The molecule has 1 aromatic heterocycles. The number of benzene rings is 2. The van der Waals surface area contributed by atoms with Crippen LogP contribution in [0.15, 0.2) is 41.4 Å². The van der Waals surface area contributed by atoms with Gasteiger partial charge in [-0.05, 0) is 75.8 Å². The number of fused-ring (bicyclic) bond motifs is 2. The summed E-state index contributed by atoms with van der Waals surface area (Å²) in [5.41, 5.74) is 1.32. The van der Waals surface area contributed by atoms with Gasteiger partial charge in [-0.2, -0.15) is 4.73 Å². The highest BCUT2D eigenvalue weighted by Gasteiger charge is 2.12. The van der Waals surface area contributed by atoms with E-state index in [0.29, 0.717) is 16.1 Å². The summed E-state index contributed by atoms with van der Waals surface area (Å²) in [5, 5.41) is 14.0. The molecule has 1 heterocycles. The van der Waals surface area contributed by atoms with Crippen molar-refractivity contribution < 1.29 is 9.94 Å². The summed E-state index contributed by atoms with van der Waals surface area (Å²) in [6.45, 7) is 9.78. The molecule has 156 valence electrons. The van der Waals surface area contributed by atoms with Crippen LogP contribution in [0.4, 0.5) is 0 Å². The van der Waals surface area contributed by atoms with E-state index in [4.69, 9.17) is 21.3 Å². The fourth-order valence-electron chi connectivity index (χ4n) is 3.75. The van der Waals surface area contributed by atoms with Crippen molar-refractivity contribution in [2.24, 2.45) is 4.99 Å². The quantitative estimate of drug-likeness (QED) is 0.411. The monoisotopic (exact) mass is 415 g/mol. The maximum atomic E-state index is 10.8. The number of nitrogens with zero attached hydrogens (tertiary/aromatic N) is 3. The van der Waals surface area contributed by atoms with Gasteiger partial charge in [0.1, 0.15) is 5.75 Å². The van der Waals surface area contributed by atoms with E-state index in [0.717, 1.165) is 54.4 Å². The summed E-state index contributed by atoms with van der Waals surface area (Å²) < 4.78 is 6.59. The summed E-state index contributed by atoms with van der Waals surface area (Å²) in [4.78, 5) is 7.50. The number of methoxy groups -OCH3 is 1. The lowest BCUT2D eigenvalue weighted by molar-refractivity contribution is 0.211. The van der Waals surface area contributed by atoms with Crippen LogP contribution in [0.3, 0.4) is 0 Å². The molecule has 0 aliphatic carbocycles. The third-order valence-corrected chi connectivity index (χ3v) is 5.71. The number of hydrogen-bond acceptors (Lipinski definition) is 4. The van der Waals surface area contributed by atoms with Crippen LogP contribution in [0.25, 0.3) is 21.8 Å². The largest absolute Gasteiger partial charge is 0.497 e. The molecule has 2 aromatic carbocycles. The molecule has 0 radical (unpaired) electrons. The van der Waals surface area contributed by atoms with Gasteiger partial charge in [-0.1, -0.05) is 25.4 Å². The lowest BCUT2D eigenvalue weighted by Crippen LogP contribution is -2.24. The maximum absolute atomic E-state index is 10.8. The van der Waals surface area contributed by atoms with Crippen LogP contribution in [0.5, 0.6) is 5.75 Å². The van der Waals surface area contributed by atoms with Crippen LogP contribution in [0, 0.1) is 0 Å². The standard InChI is InChI=1S/C23H30ClN3O2/c1-5-26(6-2)13-7-8-16(3)25-23-19-11-9-17(24)14-22(19)27(28)21-12-10-18(29-4)15-20(21)23/h9-12,14-16,28H,5-8,13H2,1-4H3. The Bertz CT molecular complexity index is 1060. The van der Waals surface area contributed by atoms with Crippen LogP contribution in [-0.2, 0) is 0 Å². The number of hydrogen-bond donors (Lipinski definition) is 1. The molecular formula is C23H30ClN3O2. The lowest BCUT2D eigenvalue weighted by atomic mass is 10.1. The molecule has 3 rings (SSSR count). The third-order valence-electron chi connectivity index (χ3n) is 5.47. The van der Waals surface area contributed by atoms with Crippen molar-refractivity contribution in [3.8, 4) is 5.75 Å². The molecule has 1 unspecified atom stereocenters. The minimum absolute atomic E-state index is 0.161. The van der Waals surface area contributed by atoms with Gasteiger partial charge < -0.3 is 14.8 Å². The molecule has 6 heteroatoms. The number of aromatic nitrogens is 1. The van der Waals surface area contributed by atoms with E-state index >= 15 is 0 Å². The van der Waals surface area contributed by atoms with Gasteiger partial charge in [-0.25, -0.2) is 0 Å². The molecule has 0 saturated heterocycles. The van der Waals surface area contributed by atoms with E-state index in [1.54, 1.807) is 13.2 Å². The second-order valence-corrected chi connectivity index (χ2v) is 7.79.